The first-order chi connectivity index (χ1) is 16.2. The second-order valence-corrected chi connectivity index (χ2v) is 9.29. The molecule has 33 heavy (non-hydrogen) atoms. The molecule has 8 nitrogen and oxygen atoms in total. The van der Waals surface area contributed by atoms with Crippen LogP contribution in [0.4, 0.5) is 11.6 Å². The summed E-state index contributed by atoms with van der Waals surface area (Å²) in [6.07, 6.45) is 0. The Morgan fingerprint density at radius 3 is 2.64 bits per heavy atom. The highest BCUT2D eigenvalue weighted by molar-refractivity contribution is 8.00. The Bertz CT molecular complexity index is 1140. The monoisotopic (exact) mass is 480 g/mol. The van der Waals surface area contributed by atoms with Gasteiger partial charge in [-0.3, -0.25) is 9.36 Å². The number of hydrogen-bond donors (Lipinski definition) is 1. The number of ether oxygens (including phenoxy) is 1. The highest BCUT2D eigenvalue weighted by Gasteiger charge is 2.22. The van der Waals surface area contributed by atoms with Gasteiger partial charge in [-0.1, -0.05) is 41.6 Å². The number of aromatic nitrogens is 3. The van der Waals surface area contributed by atoms with Crippen LogP contribution in [0, 0.1) is 18.3 Å². The van der Waals surface area contributed by atoms with Gasteiger partial charge in [0.2, 0.25) is 11.9 Å². The first kappa shape index (κ1) is 23.2. The van der Waals surface area contributed by atoms with E-state index < -0.39 is 0 Å². The van der Waals surface area contributed by atoms with Crippen LogP contribution < -0.4 is 10.2 Å². The number of carbonyl (C=O) groups is 1. The molecule has 0 bridgehead atoms. The zero-order chi connectivity index (χ0) is 23.0. The Balaban J connectivity index is 1.51. The van der Waals surface area contributed by atoms with Crippen molar-refractivity contribution in [3.8, 4) is 11.8 Å². The second-order valence-electron chi connectivity index (χ2n) is 7.33. The summed E-state index contributed by atoms with van der Waals surface area (Å²) in [6.45, 7) is 4.83. The minimum atomic E-state index is -0.142. The number of aryl methyl sites for hydroxylation is 1. The lowest BCUT2D eigenvalue weighted by atomic mass is 10.2. The van der Waals surface area contributed by atoms with E-state index in [1.54, 1.807) is 0 Å². The van der Waals surface area contributed by atoms with Crippen molar-refractivity contribution in [3.63, 3.8) is 0 Å². The molecule has 1 aromatic heterocycles. The number of anilines is 2. The Labute approximate surface area is 201 Å². The average molecular weight is 481 g/mol. The number of morpholine rings is 1. The van der Waals surface area contributed by atoms with Crippen LogP contribution in [0.1, 0.15) is 5.56 Å². The number of nitriles is 1. The van der Waals surface area contributed by atoms with E-state index in [0.29, 0.717) is 29.8 Å². The molecule has 0 aliphatic carbocycles. The summed E-state index contributed by atoms with van der Waals surface area (Å²) < 4.78 is 7.48. The van der Waals surface area contributed by atoms with E-state index in [2.05, 4.69) is 38.6 Å². The molecule has 1 aliphatic heterocycles. The molecule has 4 rings (SSSR count). The molecule has 0 unspecified atom stereocenters. The fourth-order valence-corrected chi connectivity index (χ4v) is 4.78. The molecule has 3 aromatic rings. The van der Waals surface area contributed by atoms with Crippen molar-refractivity contribution in [2.24, 2.45) is 0 Å². The minimum Gasteiger partial charge on any atom is -0.378 e. The topological polar surface area (TPSA) is 96.1 Å². The number of rotatable bonds is 8. The van der Waals surface area contributed by atoms with Crippen LogP contribution in [0.5, 0.6) is 0 Å². The first-order valence-electron chi connectivity index (χ1n) is 10.5. The Morgan fingerprint density at radius 1 is 1.12 bits per heavy atom. The van der Waals surface area contributed by atoms with Gasteiger partial charge in [0.25, 0.3) is 0 Å². The van der Waals surface area contributed by atoms with Crippen molar-refractivity contribution in [1.82, 2.24) is 14.8 Å². The van der Waals surface area contributed by atoms with E-state index in [1.165, 1.54) is 29.1 Å². The molecule has 1 amide bonds. The van der Waals surface area contributed by atoms with E-state index in [-0.39, 0.29) is 11.7 Å². The number of carbonyl (C=O) groups excluding carboxylic acids is 1. The summed E-state index contributed by atoms with van der Waals surface area (Å²) in [6, 6.07) is 17.8. The molecule has 10 heteroatoms. The molecule has 1 saturated heterocycles. The number of para-hydroxylation sites is 1. The lowest BCUT2D eigenvalue weighted by Crippen LogP contribution is -2.37. The normalized spacial score (nSPS) is 13.5. The number of hydrogen-bond acceptors (Lipinski definition) is 8. The van der Waals surface area contributed by atoms with Gasteiger partial charge >= 0.3 is 0 Å². The molecule has 0 atom stereocenters. The predicted molar refractivity (Wildman–Crippen MR) is 131 cm³/mol. The third kappa shape index (κ3) is 5.87. The van der Waals surface area contributed by atoms with Gasteiger partial charge in [-0.25, -0.2) is 0 Å². The van der Waals surface area contributed by atoms with Crippen LogP contribution in [0.15, 0.2) is 58.6 Å². The van der Waals surface area contributed by atoms with Gasteiger partial charge in [-0.2, -0.15) is 5.26 Å². The summed E-state index contributed by atoms with van der Waals surface area (Å²) >= 11 is 2.74. The van der Waals surface area contributed by atoms with Crippen molar-refractivity contribution in [2.45, 2.75) is 17.0 Å². The molecule has 0 radical (unpaired) electrons. The van der Waals surface area contributed by atoms with Gasteiger partial charge in [0.1, 0.15) is 0 Å². The number of nitrogens with one attached hydrogen (secondary N) is 1. The van der Waals surface area contributed by atoms with Gasteiger partial charge in [0.05, 0.1) is 42.2 Å². The molecule has 1 fully saturated rings. The minimum absolute atomic E-state index is 0.142. The third-order valence-corrected chi connectivity index (χ3v) is 6.86. The van der Waals surface area contributed by atoms with Crippen LogP contribution in [0.2, 0.25) is 0 Å². The molecule has 170 valence electrons. The number of amides is 1. The van der Waals surface area contributed by atoms with E-state index >= 15 is 0 Å². The lowest BCUT2D eigenvalue weighted by Gasteiger charge is -2.28. The second kappa shape index (κ2) is 11.2. The van der Waals surface area contributed by atoms with Crippen molar-refractivity contribution >= 4 is 41.1 Å². The van der Waals surface area contributed by atoms with Gasteiger partial charge in [0, 0.05) is 18.0 Å². The number of thioether (sulfide) groups is 2. The highest BCUT2D eigenvalue weighted by atomic mass is 32.2. The molecule has 2 aromatic carbocycles. The summed E-state index contributed by atoms with van der Waals surface area (Å²) in [5.74, 6) is 1.12. The maximum absolute atomic E-state index is 12.7. The van der Waals surface area contributed by atoms with Gasteiger partial charge < -0.3 is 15.0 Å². The molecule has 1 aliphatic rings. The molecule has 1 N–H and O–H groups in total. The average Bonchev–Trinajstić information content (AvgIpc) is 3.27. The largest absolute Gasteiger partial charge is 0.378 e. The van der Waals surface area contributed by atoms with E-state index in [0.717, 1.165) is 29.6 Å². The van der Waals surface area contributed by atoms with Gasteiger partial charge in [-0.05, 0) is 31.2 Å². The first-order valence-corrected chi connectivity index (χ1v) is 12.5. The molecular formula is C23H24N6O2S2. The van der Waals surface area contributed by atoms with Crippen molar-refractivity contribution in [3.05, 3.63) is 54.1 Å². The zero-order valence-corrected chi connectivity index (χ0v) is 19.9. The van der Waals surface area contributed by atoms with Crippen LogP contribution in [-0.4, -0.2) is 58.5 Å². The quantitative estimate of drug-likeness (QED) is 0.487. The maximum Gasteiger partial charge on any atom is 0.234 e. The smallest absolute Gasteiger partial charge is 0.234 e. The lowest BCUT2D eigenvalue weighted by molar-refractivity contribution is -0.113. The van der Waals surface area contributed by atoms with Crippen LogP contribution in [0.3, 0.4) is 0 Å². The fraction of sp³-hybridized carbons (Fsp3) is 0.304. The summed E-state index contributed by atoms with van der Waals surface area (Å²) in [7, 11) is 0. The highest BCUT2D eigenvalue weighted by Crippen LogP contribution is 2.29. The van der Waals surface area contributed by atoms with E-state index in [9.17, 15) is 4.79 Å². The summed E-state index contributed by atoms with van der Waals surface area (Å²) in [5.41, 5.74) is 2.83. The zero-order valence-electron chi connectivity index (χ0n) is 18.2. The van der Waals surface area contributed by atoms with Gasteiger partial charge in [-0.15, -0.1) is 22.0 Å². The molecule has 0 saturated carbocycles. The molecular weight excluding hydrogens is 456 g/mol. The van der Waals surface area contributed by atoms with Crippen molar-refractivity contribution in [1.29, 1.82) is 5.26 Å². The van der Waals surface area contributed by atoms with Gasteiger partial charge in [0.15, 0.2) is 5.16 Å². The van der Waals surface area contributed by atoms with Crippen LogP contribution in [-0.2, 0) is 9.53 Å². The standard InChI is InChI=1S/C23H24N6O2S2/c1-17-6-8-18(9-7-17)29-22(28-11-13-31-14-12-28)26-27-23(29)33-16-21(30)25-19-4-2-3-5-20(19)32-15-10-24/h2-9H,11-16H2,1H3,(H,25,30). The fourth-order valence-electron chi connectivity index (χ4n) is 3.37. The molecule has 0 spiro atoms. The Kier molecular flexibility index (Phi) is 7.88. The third-order valence-electron chi connectivity index (χ3n) is 4.99. The van der Waals surface area contributed by atoms with Crippen LogP contribution in [0.25, 0.3) is 5.69 Å². The van der Waals surface area contributed by atoms with E-state index in [4.69, 9.17) is 10.00 Å². The Hall–Kier alpha value is -3.00. The summed E-state index contributed by atoms with van der Waals surface area (Å²) in [4.78, 5) is 15.7. The van der Waals surface area contributed by atoms with Crippen molar-refractivity contribution in [2.75, 3.05) is 48.0 Å². The number of benzene rings is 2. The number of nitrogens with zero attached hydrogens (tertiary/aromatic N) is 5. The summed E-state index contributed by atoms with van der Waals surface area (Å²) in [5, 5.41) is 21.3. The van der Waals surface area contributed by atoms with Crippen molar-refractivity contribution < 1.29 is 9.53 Å². The van der Waals surface area contributed by atoms with E-state index in [1.807, 2.05) is 47.9 Å². The maximum atomic E-state index is 12.7. The molecule has 2 heterocycles. The SMILES string of the molecule is Cc1ccc(-n2c(SCC(=O)Nc3ccccc3SCC#N)nnc2N2CCOCC2)cc1. The Morgan fingerprint density at radius 2 is 1.88 bits per heavy atom. The predicted octanol–water partition coefficient (Wildman–Crippen LogP) is 3.76. The van der Waals surface area contributed by atoms with Crippen LogP contribution >= 0.6 is 23.5 Å².